The molecule has 0 aromatic carbocycles. The van der Waals surface area contributed by atoms with Gasteiger partial charge in [0.05, 0.1) is 5.75 Å². The zero-order valence-electron chi connectivity index (χ0n) is 9.69. The second-order valence-electron chi connectivity index (χ2n) is 4.69. The lowest BCUT2D eigenvalue weighted by Gasteiger charge is -2.26. The number of nitrogens with one attached hydrogen (secondary N) is 1. The molecule has 0 bridgehead atoms. The van der Waals surface area contributed by atoms with E-state index in [1.807, 2.05) is 0 Å². The Kier molecular flexibility index (Phi) is 3.96. The summed E-state index contributed by atoms with van der Waals surface area (Å²) in [7, 11) is -2.95. The van der Waals surface area contributed by atoms with Gasteiger partial charge in [0.15, 0.2) is 0 Å². The van der Waals surface area contributed by atoms with E-state index in [2.05, 4.69) is 5.32 Å². The number of carboxylic acid groups (broad SMARTS) is 1. The van der Waals surface area contributed by atoms with Crippen LogP contribution < -0.4 is 5.32 Å². The van der Waals surface area contributed by atoms with E-state index < -0.39 is 21.3 Å². The summed E-state index contributed by atoms with van der Waals surface area (Å²) in [6, 6.07) is 0. The molecule has 0 saturated heterocycles. The monoisotopic (exact) mass is 249 g/mol. The Bertz CT molecular complexity index is 361. The van der Waals surface area contributed by atoms with Crippen LogP contribution in [-0.4, -0.2) is 43.6 Å². The van der Waals surface area contributed by atoms with E-state index in [4.69, 9.17) is 5.11 Å². The van der Waals surface area contributed by atoms with Crippen LogP contribution in [0.3, 0.4) is 0 Å². The normalized spacial score (nSPS) is 20.4. The van der Waals surface area contributed by atoms with Crippen molar-refractivity contribution in [3.05, 3.63) is 0 Å². The highest BCUT2D eigenvalue weighted by atomic mass is 32.2. The van der Waals surface area contributed by atoms with Gasteiger partial charge in [-0.1, -0.05) is 0 Å². The van der Waals surface area contributed by atoms with Gasteiger partial charge < -0.3 is 10.4 Å². The van der Waals surface area contributed by atoms with Crippen molar-refractivity contribution in [1.82, 2.24) is 5.32 Å². The molecule has 0 heterocycles. The van der Waals surface area contributed by atoms with Gasteiger partial charge in [0, 0.05) is 6.26 Å². The van der Waals surface area contributed by atoms with E-state index in [1.165, 1.54) is 6.26 Å². The maximum Gasteiger partial charge on any atom is 0.323 e. The molecular formula is C10H19NO4S. The van der Waals surface area contributed by atoms with Gasteiger partial charge in [-0.25, -0.2) is 8.42 Å². The second kappa shape index (κ2) is 4.71. The summed E-state index contributed by atoms with van der Waals surface area (Å²) in [4.78, 5) is 11.1. The van der Waals surface area contributed by atoms with Gasteiger partial charge in [-0.2, -0.15) is 0 Å². The molecule has 0 amide bonds. The second-order valence-corrected chi connectivity index (χ2v) is 6.95. The van der Waals surface area contributed by atoms with Crippen molar-refractivity contribution in [3.8, 4) is 0 Å². The largest absolute Gasteiger partial charge is 0.480 e. The Balaban J connectivity index is 2.37. The smallest absolute Gasteiger partial charge is 0.323 e. The molecule has 0 aliphatic heterocycles. The van der Waals surface area contributed by atoms with Crippen molar-refractivity contribution in [3.63, 3.8) is 0 Å². The van der Waals surface area contributed by atoms with Crippen LogP contribution in [0.25, 0.3) is 0 Å². The number of carbonyl (C=O) groups is 1. The highest BCUT2D eigenvalue weighted by Crippen LogP contribution is 2.39. The number of hydrogen-bond donors (Lipinski definition) is 2. The van der Waals surface area contributed by atoms with Gasteiger partial charge in [-0.3, -0.25) is 4.79 Å². The Morgan fingerprint density at radius 1 is 1.50 bits per heavy atom. The van der Waals surface area contributed by atoms with Crippen molar-refractivity contribution >= 4 is 15.8 Å². The van der Waals surface area contributed by atoms with E-state index >= 15 is 0 Å². The predicted octanol–water partition coefficient (Wildman–Crippen LogP) is 0.264. The molecule has 1 atom stereocenters. The lowest BCUT2D eigenvalue weighted by atomic mass is 9.96. The predicted molar refractivity (Wildman–Crippen MR) is 61.1 cm³/mol. The minimum Gasteiger partial charge on any atom is -0.480 e. The van der Waals surface area contributed by atoms with E-state index in [-0.39, 0.29) is 11.7 Å². The molecule has 1 unspecified atom stereocenters. The zero-order chi connectivity index (χ0) is 12.4. The van der Waals surface area contributed by atoms with Gasteiger partial charge in [0.2, 0.25) is 0 Å². The first-order valence-electron chi connectivity index (χ1n) is 5.42. The van der Waals surface area contributed by atoms with Crippen LogP contribution in [0.15, 0.2) is 0 Å². The van der Waals surface area contributed by atoms with Crippen molar-refractivity contribution in [2.24, 2.45) is 5.92 Å². The first-order chi connectivity index (χ1) is 7.26. The number of aliphatic carboxylic acids is 1. The highest BCUT2D eigenvalue weighted by Gasteiger charge is 2.46. The first kappa shape index (κ1) is 13.4. The number of rotatable bonds is 7. The topological polar surface area (TPSA) is 83.5 Å². The van der Waals surface area contributed by atoms with Gasteiger partial charge >= 0.3 is 5.97 Å². The molecule has 0 spiro atoms. The zero-order valence-corrected chi connectivity index (χ0v) is 10.5. The van der Waals surface area contributed by atoms with Crippen molar-refractivity contribution in [2.45, 2.75) is 31.7 Å². The summed E-state index contributed by atoms with van der Waals surface area (Å²) in [6.45, 7) is 2.10. The fraction of sp³-hybridized carbons (Fsp3) is 0.900. The standard InChI is InChI=1S/C10H19NO4S/c1-10(9(12)13,8-4-5-8)11-6-3-7-16(2,14)15/h8,11H,3-7H2,1-2H3,(H,12,13). The van der Waals surface area contributed by atoms with E-state index in [1.54, 1.807) is 6.92 Å². The van der Waals surface area contributed by atoms with E-state index in [0.717, 1.165) is 12.8 Å². The average molecular weight is 249 g/mol. The van der Waals surface area contributed by atoms with Gasteiger partial charge in [0.1, 0.15) is 15.4 Å². The third kappa shape index (κ3) is 3.75. The quantitative estimate of drug-likeness (QED) is 0.632. The Labute approximate surface area is 96.1 Å². The summed E-state index contributed by atoms with van der Waals surface area (Å²) in [5.74, 6) is -0.571. The third-order valence-corrected chi connectivity index (χ3v) is 4.05. The average Bonchev–Trinajstić information content (AvgIpc) is 2.93. The summed E-state index contributed by atoms with van der Waals surface area (Å²) in [5.41, 5.74) is -0.891. The summed E-state index contributed by atoms with van der Waals surface area (Å²) < 4.78 is 21.8. The van der Waals surface area contributed by atoms with Crippen LogP contribution in [-0.2, 0) is 14.6 Å². The van der Waals surface area contributed by atoms with Crippen LogP contribution in [0, 0.1) is 5.92 Å². The van der Waals surface area contributed by atoms with Gasteiger partial charge in [-0.15, -0.1) is 0 Å². The minimum absolute atomic E-state index is 0.0976. The van der Waals surface area contributed by atoms with Crippen molar-refractivity contribution < 1.29 is 18.3 Å². The van der Waals surface area contributed by atoms with Crippen molar-refractivity contribution in [1.29, 1.82) is 0 Å². The molecule has 0 aromatic rings. The van der Waals surface area contributed by atoms with Crippen LogP contribution >= 0.6 is 0 Å². The number of carboxylic acids is 1. The van der Waals surface area contributed by atoms with Crippen molar-refractivity contribution in [2.75, 3.05) is 18.6 Å². The molecule has 5 nitrogen and oxygen atoms in total. The van der Waals surface area contributed by atoms with Crippen LogP contribution in [0.4, 0.5) is 0 Å². The SMILES string of the molecule is CC(NCCCS(C)(=O)=O)(C(=O)O)C1CC1. The minimum atomic E-state index is -2.95. The summed E-state index contributed by atoms with van der Waals surface area (Å²) in [6.07, 6.45) is 3.50. The Hall–Kier alpha value is -0.620. The molecule has 1 rings (SSSR count). The molecule has 16 heavy (non-hydrogen) atoms. The molecule has 1 fully saturated rings. The number of hydrogen-bond acceptors (Lipinski definition) is 4. The Morgan fingerprint density at radius 2 is 2.06 bits per heavy atom. The van der Waals surface area contributed by atoms with E-state index in [0.29, 0.717) is 13.0 Å². The molecule has 0 radical (unpaired) electrons. The fourth-order valence-electron chi connectivity index (χ4n) is 1.74. The Morgan fingerprint density at radius 3 is 2.44 bits per heavy atom. The van der Waals surface area contributed by atoms with E-state index in [9.17, 15) is 13.2 Å². The molecule has 1 aliphatic rings. The molecule has 6 heteroatoms. The third-order valence-electron chi connectivity index (χ3n) is 3.02. The van der Waals surface area contributed by atoms with Crippen LogP contribution in [0.1, 0.15) is 26.2 Å². The molecule has 0 aromatic heterocycles. The molecule has 2 N–H and O–H groups in total. The maximum absolute atomic E-state index is 11.1. The highest BCUT2D eigenvalue weighted by molar-refractivity contribution is 7.90. The summed E-state index contributed by atoms with van der Waals surface area (Å²) in [5, 5.41) is 12.1. The lowest BCUT2D eigenvalue weighted by molar-refractivity contribution is -0.145. The number of sulfone groups is 1. The first-order valence-corrected chi connectivity index (χ1v) is 7.48. The fourth-order valence-corrected chi connectivity index (χ4v) is 2.41. The van der Waals surface area contributed by atoms with Crippen LogP contribution in [0.5, 0.6) is 0 Å². The molecule has 1 saturated carbocycles. The van der Waals surface area contributed by atoms with Gasteiger partial charge in [0.25, 0.3) is 0 Å². The molecule has 94 valence electrons. The molecule has 1 aliphatic carbocycles. The summed E-state index contributed by atoms with van der Waals surface area (Å²) >= 11 is 0. The van der Waals surface area contributed by atoms with Crippen LogP contribution in [0.2, 0.25) is 0 Å². The lowest BCUT2D eigenvalue weighted by Crippen LogP contribution is -2.51. The molecular weight excluding hydrogens is 230 g/mol. The maximum atomic E-state index is 11.1. The van der Waals surface area contributed by atoms with Gasteiger partial charge in [-0.05, 0) is 38.6 Å².